The van der Waals surface area contributed by atoms with Crippen molar-refractivity contribution >= 4 is 62.5 Å². The quantitative estimate of drug-likeness (QED) is 0.316. The Morgan fingerprint density at radius 2 is 1.25 bits per heavy atom. The first kappa shape index (κ1) is 15.6. The summed E-state index contributed by atoms with van der Waals surface area (Å²) in [6.07, 6.45) is 0. The number of benzene rings is 2. The first-order valence-corrected chi connectivity index (χ1v) is 8.26. The lowest BCUT2D eigenvalue weighted by atomic mass is 10.2. The molecule has 0 saturated carbocycles. The topological polar surface area (TPSA) is 47.9 Å². The van der Waals surface area contributed by atoms with Crippen LogP contribution in [-0.2, 0) is 0 Å². The van der Waals surface area contributed by atoms with Crippen LogP contribution in [0, 0.1) is 26.4 Å². The van der Waals surface area contributed by atoms with Crippen molar-refractivity contribution in [1.82, 2.24) is 0 Å². The fourth-order valence-corrected chi connectivity index (χ4v) is 3.13. The Hall–Kier alpha value is -0.830. The lowest BCUT2D eigenvalue weighted by Gasteiger charge is -2.14. The van der Waals surface area contributed by atoms with E-state index in [0.717, 1.165) is 22.5 Å². The highest BCUT2D eigenvalue weighted by molar-refractivity contribution is 14.1. The Morgan fingerprint density at radius 3 is 1.60 bits per heavy atom. The fraction of sp³-hybridized carbons (Fsp3) is 0.133. The van der Waals surface area contributed by atoms with Crippen molar-refractivity contribution in [2.24, 2.45) is 0 Å². The summed E-state index contributed by atoms with van der Waals surface area (Å²) in [6.45, 7) is 4.07. The van der Waals surface area contributed by atoms with Crippen molar-refractivity contribution in [1.29, 1.82) is 5.41 Å². The molecule has 2 aromatic rings. The zero-order valence-corrected chi connectivity index (χ0v) is 15.5. The zero-order chi connectivity index (χ0) is 14.7. The van der Waals surface area contributed by atoms with Gasteiger partial charge in [0.15, 0.2) is 5.96 Å². The second-order valence-electron chi connectivity index (χ2n) is 4.54. The molecule has 0 aliphatic rings. The highest BCUT2D eigenvalue weighted by Crippen LogP contribution is 2.20. The Labute approximate surface area is 146 Å². The second kappa shape index (κ2) is 6.75. The standard InChI is InChI=1S/C15H15I2N3/c1-9-7-11(16)3-5-13(9)19-15(18)20-14-6-4-12(17)8-10(14)2/h3-8H,1-2H3,(H3,18,19,20). The van der Waals surface area contributed by atoms with Crippen molar-refractivity contribution in [2.45, 2.75) is 13.8 Å². The summed E-state index contributed by atoms with van der Waals surface area (Å²) < 4.78 is 2.39. The van der Waals surface area contributed by atoms with Crippen LogP contribution in [-0.4, -0.2) is 5.96 Å². The van der Waals surface area contributed by atoms with Crippen LogP contribution in [0.2, 0.25) is 0 Å². The summed E-state index contributed by atoms with van der Waals surface area (Å²) in [5.74, 6) is 0.276. The largest absolute Gasteiger partial charge is 0.326 e. The van der Waals surface area contributed by atoms with E-state index in [1.807, 2.05) is 38.1 Å². The predicted molar refractivity (Wildman–Crippen MR) is 103 cm³/mol. The Bertz CT molecular complexity index is 598. The van der Waals surface area contributed by atoms with Gasteiger partial charge in [-0.2, -0.15) is 0 Å². The average Bonchev–Trinajstić information content (AvgIpc) is 2.36. The molecule has 0 amide bonds. The molecule has 0 atom stereocenters. The maximum atomic E-state index is 8.04. The van der Waals surface area contributed by atoms with Crippen molar-refractivity contribution in [3.05, 3.63) is 54.7 Å². The van der Waals surface area contributed by atoms with Gasteiger partial charge in [-0.25, -0.2) is 0 Å². The van der Waals surface area contributed by atoms with E-state index in [1.165, 1.54) is 7.14 Å². The summed E-state index contributed by atoms with van der Waals surface area (Å²) >= 11 is 4.57. The van der Waals surface area contributed by atoms with Crippen molar-refractivity contribution in [3.8, 4) is 0 Å². The van der Waals surface area contributed by atoms with Gasteiger partial charge in [-0.15, -0.1) is 0 Å². The molecule has 0 fully saturated rings. The molecule has 0 bridgehead atoms. The number of aryl methyl sites for hydroxylation is 2. The van der Waals surface area contributed by atoms with E-state index in [0.29, 0.717) is 0 Å². The van der Waals surface area contributed by atoms with E-state index in [-0.39, 0.29) is 5.96 Å². The van der Waals surface area contributed by atoms with Gasteiger partial charge >= 0.3 is 0 Å². The minimum atomic E-state index is 0.276. The van der Waals surface area contributed by atoms with Crippen molar-refractivity contribution in [3.63, 3.8) is 0 Å². The highest BCUT2D eigenvalue weighted by Gasteiger charge is 2.04. The molecule has 0 aliphatic heterocycles. The van der Waals surface area contributed by atoms with Crippen LogP contribution in [0.1, 0.15) is 11.1 Å². The third-order valence-electron chi connectivity index (χ3n) is 2.90. The minimum absolute atomic E-state index is 0.276. The van der Waals surface area contributed by atoms with Gasteiger partial charge in [0, 0.05) is 18.5 Å². The van der Waals surface area contributed by atoms with Gasteiger partial charge in [-0.05, 0) is 107 Å². The normalized spacial score (nSPS) is 10.2. The van der Waals surface area contributed by atoms with E-state index in [1.54, 1.807) is 0 Å². The second-order valence-corrected chi connectivity index (χ2v) is 7.03. The van der Waals surface area contributed by atoms with Gasteiger partial charge in [0.2, 0.25) is 0 Å². The summed E-state index contributed by atoms with van der Waals surface area (Å²) in [5.41, 5.74) is 4.16. The van der Waals surface area contributed by atoms with Gasteiger partial charge in [-0.1, -0.05) is 0 Å². The SMILES string of the molecule is Cc1cc(I)ccc1NC(=N)Nc1ccc(I)cc1C. The third kappa shape index (κ3) is 4.08. The Kier molecular flexibility index (Phi) is 5.25. The molecular weight excluding hydrogens is 476 g/mol. The number of hydrogen-bond donors (Lipinski definition) is 3. The lowest BCUT2D eigenvalue weighted by molar-refractivity contribution is 1.37. The Morgan fingerprint density at radius 1 is 0.850 bits per heavy atom. The number of hydrogen-bond acceptors (Lipinski definition) is 1. The van der Waals surface area contributed by atoms with Gasteiger partial charge in [-0.3, -0.25) is 5.41 Å². The average molecular weight is 491 g/mol. The van der Waals surface area contributed by atoms with Crippen LogP contribution >= 0.6 is 45.2 Å². The highest BCUT2D eigenvalue weighted by atomic mass is 127. The molecule has 3 nitrogen and oxygen atoms in total. The van der Waals surface area contributed by atoms with E-state index in [4.69, 9.17) is 5.41 Å². The van der Waals surface area contributed by atoms with E-state index >= 15 is 0 Å². The lowest BCUT2D eigenvalue weighted by Crippen LogP contribution is -2.21. The molecule has 20 heavy (non-hydrogen) atoms. The summed E-state index contributed by atoms with van der Waals surface area (Å²) in [5, 5.41) is 14.2. The van der Waals surface area contributed by atoms with E-state index in [2.05, 4.69) is 67.9 Å². The molecule has 0 aromatic heterocycles. The maximum Gasteiger partial charge on any atom is 0.197 e. The number of nitrogens with one attached hydrogen (secondary N) is 3. The van der Waals surface area contributed by atoms with Crippen LogP contribution < -0.4 is 10.6 Å². The van der Waals surface area contributed by atoms with Crippen molar-refractivity contribution in [2.75, 3.05) is 10.6 Å². The maximum absolute atomic E-state index is 8.04. The molecule has 2 aromatic carbocycles. The minimum Gasteiger partial charge on any atom is -0.326 e. The third-order valence-corrected chi connectivity index (χ3v) is 4.24. The van der Waals surface area contributed by atoms with Crippen LogP contribution in [0.25, 0.3) is 0 Å². The monoisotopic (exact) mass is 491 g/mol. The molecule has 0 heterocycles. The molecule has 3 N–H and O–H groups in total. The first-order chi connectivity index (χ1) is 9.45. The molecule has 0 aliphatic carbocycles. The van der Waals surface area contributed by atoms with E-state index in [9.17, 15) is 0 Å². The van der Waals surface area contributed by atoms with Gasteiger partial charge in [0.25, 0.3) is 0 Å². The van der Waals surface area contributed by atoms with Crippen LogP contribution in [0.15, 0.2) is 36.4 Å². The number of anilines is 2. The van der Waals surface area contributed by atoms with Gasteiger partial charge in [0.1, 0.15) is 0 Å². The van der Waals surface area contributed by atoms with Gasteiger partial charge in [0.05, 0.1) is 0 Å². The van der Waals surface area contributed by atoms with E-state index < -0.39 is 0 Å². The summed E-state index contributed by atoms with van der Waals surface area (Å²) in [4.78, 5) is 0. The fourth-order valence-electron chi connectivity index (χ4n) is 1.84. The molecule has 5 heteroatoms. The molecule has 0 unspecified atom stereocenters. The zero-order valence-electron chi connectivity index (χ0n) is 11.2. The smallest absolute Gasteiger partial charge is 0.197 e. The Balaban J connectivity index is 2.09. The predicted octanol–water partition coefficient (Wildman–Crippen LogP) is 4.97. The van der Waals surface area contributed by atoms with Crippen LogP contribution in [0.4, 0.5) is 11.4 Å². The summed E-state index contributed by atoms with van der Waals surface area (Å²) in [6, 6.07) is 12.2. The van der Waals surface area contributed by atoms with Crippen LogP contribution in [0.3, 0.4) is 0 Å². The first-order valence-electron chi connectivity index (χ1n) is 6.10. The number of guanidine groups is 1. The molecule has 0 radical (unpaired) electrons. The van der Waals surface area contributed by atoms with Crippen molar-refractivity contribution < 1.29 is 0 Å². The van der Waals surface area contributed by atoms with Crippen LogP contribution in [0.5, 0.6) is 0 Å². The van der Waals surface area contributed by atoms with Gasteiger partial charge < -0.3 is 10.6 Å². The molecule has 104 valence electrons. The molecule has 2 rings (SSSR count). The summed E-state index contributed by atoms with van der Waals surface area (Å²) in [7, 11) is 0. The number of rotatable bonds is 2. The molecular formula is C15H15I2N3. The molecule has 0 spiro atoms. The number of halogens is 2. The molecule has 0 saturated heterocycles.